The van der Waals surface area contributed by atoms with Crippen molar-refractivity contribution in [3.63, 3.8) is 0 Å². The third-order valence-electron chi connectivity index (χ3n) is 2.08. The van der Waals surface area contributed by atoms with Crippen molar-refractivity contribution < 1.29 is 0 Å². The van der Waals surface area contributed by atoms with E-state index >= 15 is 0 Å². The molecule has 2 heteroatoms. The van der Waals surface area contributed by atoms with Crippen LogP contribution in [0.15, 0.2) is 34.7 Å². The second kappa shape index (κ2) is 2.56. The molecule has 0 unspecified atom stereocenters. The molecule has 0 saturated heterocycles. The molecule has 1 aliphatic rings. The zero-order valence-corrected chi connectivity index (χ0v) is 8.11. The number of anilines is 1. The summed E-state index contributed by atoms with van der Waals surface area (Å²) < 4.78 is 0. The molecule has 0 aromatic heterocycles. The van der Waals surface area contributed by atoms with Crippen LogP contribution in [0.2, 0.25) is 0 Å². The summed E-state index contributed by atoms with van der Waals surface area (Å²) in [5.74, 6) is 0. The summed E-state index contributed by atoms with van der Waals surface area (Å²) >= 11 is 1.74. The number of rotatable bonds is 0. The van der Waals surface area contributed by atoms with Gasteiger partial charge < -0.3 is 4.90 Å². The molecule has 0 amide bonds. The Morgan fingerprint density at radius 2 is 2.17 bits per heavy atom. The van der Waals surface area contributed by atoms with E-state index in [2.05, 4.69) is 43.6 Å². The highest BCUT2D eigenvalue weighted by atomic mass is 32.2. The van der Waals surface area contributed by atoms with E-state index in [1.54, 1.807) is 11.8 Å². The topological polar surface area (TPSA) is 3.24 Å². The Morgan fingerprint density at radius 3 is 2.92 bits per heavy atom. The van der Waals surface area contributed by atoms with Crippen LogP contribution in [0.1, 0.15) is 5.56 Å². The summed E-state index contributed by atoms with van der Waals surface area (Å²) in [6.07, 6.45) is 0. The molecule has 0 fully saturated rings. The van der Waals surface area contributed by atoms with Gasteiger partial charge in [-0.25, -0.2) is 0 Å². The fraction of sp³-hybridized carbons (Fsp3) is 0.200. The van der Waals surface area contributed by atoms with Crippen molar-refractivity contribution in [2.45, 2.75) is 11.8 Å². The van der Waals surface area contributed by atoms with E-state index in [0.29, 0.717) is 0 Å². The largest absolute Gasteiger partial charge is 0.339 e. The van der Waals surface area contributed by atoms with Crippen LogP contribution in [0.3, 0.4) is 0 Å². The molecule has 0 N–H and O–H groups in total. The average molecular weight is 177 g/mol. The second-order valence-corrected chi connectivity index (χ2v) is 4.14. The Morgan fingerprint density at radius 1 is 1.42 bits per heavy atom. The Kier molecular flexibility index (Phi) is 1.65. The number of hydrogen-bond donors (Lipinski definition) is 0. The van der Waals surface area contributed by atoms with Gasteiger partial charge in [-0.15, -0.1) is 0 Å². The lowest BCUT2D eigenvalue weighted by atomic mass is 10.2. The Balaban J connectivity index is 2.55. The fourth-order valence-corrected chi connectivity index (χ4v) is 2.23. The van der Waals surface area contributed by atoms with Crippen LogP contribution in [0.5, 0.6) is 0 Å². The first kappa shape index (κ1) is 7.74. The van der Waals surface area contributed by atoms with Crippen LogP contribution in [-0.4, -0.2) is 7.05 Å². The SMILES string of the molecule is C=C1Sc2ccc(C)cc2N1C. The van der Waals surface area contributed by atoms with Gasteiger partial charge in [0, 0.05) is 11.9 Å². The zero-order valence-electron chi connectivity index (χ0n) is 7.29. The van der Waals surface area contributed by atoms with Crippen molar-refractivity contribution >= 4 is 17.4 Å². The number of thioether (sulfide) groups is 1. The Labute approximate surface area is 77.1 Å². The van der Waals surface area contributed by atoms with Crippen molar-refractivity contribution in [3.8, 4) is 0 Å². The van der Waals surface area contributed by atoms with Crippen LogP contribution in [0.4, 0.5) is 5.69 Å². The van der Waals surface area contributed by atoms with Gasteiger partial charge in [0.25, 0.3) is 0 Å². The molecule has 0 bridgehead atoms. The van der Waals surface area contributed by atoms with E-state index in [4.69, 9.17) is 0 Å². The molecule has 1 heterocycles. The van der Waals surface area contributed by atoms with Gasteiger partial charge in [-0.3, -0.25) is 0 Å². The maximum Gasteiger partial charge on any atom is 0.0725 e. The predicted molar refractivity (Wildman–Crippen MR) is 54.6 cm³/mol. The standard InChI is InChI=1S/C10H11NS/c1-7-4-5-10-9(6-7)11(3)8(2)12-10/h4-6H,2H2,1,3H3. The molecule has 0 spiro atoms. The van der Waals surface area contributed by atoms with E-state index in [9.17, 15) is 0 Å². The smallest absolute Gasteiger partial charge is 0.0725 e. The summed E-state index contributed by atoms with van der Waals surface area (Å²) in [7, 11) is 2.06. The first-order valence-electron chi connectivity index (χ1n) is 3.89. The molecular formula is C10H11NS. The van der Waals surface area contributed by atoms with Crippen molar-refractivity contribution in [1.29, 1.82) is 0 Å². The van der Waals surface area contributed by atoms with E-state index < -0.39 is 0 Å². The normalized spacial score (nSPS) is 15.2. The summed E-state index contributed by atoms with van der Waals surface area (Å²) in [5, 5.41) is 1.11. The fourth-order valence-electron chi connectivity index (χ4n) is 1.31. The minimum absolute atomic E-state index is 1.11. The summed E-state index contributed by atoms with van der Waals surface area (Å²) in [6.45, 7) is 6.08. The van der Waals surface area contributed by atoms with E-state index in [0.717, 1.165) is 5.03 Å². The van der Waals surface area contributed by atoms with Gasteiger partial charge in [-0.2, -0.15) is 0 Å². The van der Waals surface area contributed by atoms with Gasteiger partial charge in [-0.1, -0.05) is 24.4 Å². The van der Waals surface area contributed by atoms with Crippen molar-refractivity contribution in [2.24, 2.45) is 0 Å². The third kappa shape index (κ3) is 1.03. The highest BCUT2D eigenvalue weighted by Gasteiger charge is 2.19. The highest BCUT2D eigenvalue weighted by molar-refractivity contribution is 8.03. The number of nitrogens with zero attached hydrogens (tertiary/aromatic N) is 1. The van der Waals surface area contributed by atoms with Crippen LogP contribution in [0, 0.1) is 6.92 Å². The lowest BCUT2D eigenvalue weighted by Gasteiger charge is -2.11. The van der Waals surface area contributed by atoms with Gasteiger partial charge in [0.15, 0.2) is 0 Å². The molecule has 2 rings (SSSR count). The highest BCUT2D eigenvalue weighted by Crippen LogP contribution is 2.44. The molecule has 1 aromatic carbocycles. The minimum atomic E-state index is 1.11. The summed E-state index contributed by atoms with van der Waals surface area (Å²) in [6, 6.07) is 6.49. The molecule has 0 aliphatic carbocycles. The molecule has 1 aliphatic heterocycles. The van der Waals surface area contributed by atoms with E-state index in [-0.39, 0.29) is 0 Å². The number of benzene rings is 1. The first-order chi connectivity index (χ1) is 5.68. The minimum Gasteiger partial charge on any atom is -0.339 e. The predicted octanol–water partition coefficient (Wildman–Crippen LogP) is 3.01. The first-order valence-corrected chi connectivity index (χ1v) is 4.71. The molecular weight excluding hydrogens is 166 g/mol. The molecule has 12 heavy (non-hydrogen) atoms. The molecule has 1 nitrogen and oxygen atoms in total. The number of fused-ring (bicyclic) bond motifs is 1. The Hall–Kier alpha value is -0.890. The van der Waals surface area contributed by atoms with Gasteiger partial charge in [0.05, 0.1) is 10.7 Å². The average Bonchev–Trinajstić information content (AvgIpc) is 2.31. The van der Waals surface area contributed by atoms with Crippen LogP contribution >= 0.6 is 11.8 Å². The summed E-state index contributed by atoms with van der Waals surface area (Å²) in [4.78, 5) is 3.44. The lowest BCUT2D eigenvalue weighted by Crippen LogP contribution is -2.08. The van der Waals surface area contributed by atoms with Crippen molar-refractivity contribution in [1.82, 2.24) is 0 Å². The maximum atomic E-state index is 3.97. The summed E-state index contributed by atoms with van der Waals surface area (Å²) in [5.41, 5.74) is 2.58. The lowest BCUT2D eigenvalue weighted by molar-refractivity contribution is 1.17. The number of aryl methyl sites for hydroxylation is 1. The van der Waals surface area contributed by atoms with Gasteiger partial charge >= 0.3 is 0 Å². The Bertz CT molecular complexity index is 344. The number of hydrogen-bond acceptors (Lipinski definition) is 2. The van der Waals surface area contributed by atoms with Crippen LogP contribution in [-0.2, 0) is 0 Å². The molecule has 62 valence electrons. The zero-order chi connectivity index (χ0) is 8.72. The maximum absolute atomic E-state index is 3.97. The van der Waals surface area contributed by atoms with E-state index in [1.807, 2.05) is 0 Å². The molecule has 0 atom stereocenters. The van der Waals surface area contributed by atoms with Crippen LogP contribution < -0.4 is 4.90 Å². The second-order valence-electron chi connectivity index (χ2n) is 3.03. The molecule has 0 radical (unpaired) electrons. The van der Waals surface area contributed by atoms with Crippen molar-refractivity contribution in [2.75, 3.05) is 11.9 Å². The van der Waals surface area contributed by atoms with Crippen molar-refractivity contribution in [3.05, 3.63) is 35.4 Å². The molecule has 0 saturated carbocycles. The van der Waals surface area contributed by atoms with Gasteiger partial charge in [0.1, 0.15) is 0 Å². The molecule has 1 aromatic rings. The van der Waals surface area contributed by atoms with E-state index in [1.165, 1.54) is 16.1 Å². The monoisotopic (exact) mass is 177 g/mol. The van der Waals surface area contributed by atoms with Gasteiger partial charge in [0.2, 0.25) is 0 Å². The van der Waals surface area contributed by atoms with Gasteiger partial charge in [-0.05, 0) is 24.6 Å². The van der Waals surface area contributed by atoms with Crippen LogP contribution in [0.25, 0.3) is 0 Å². The third-order valence-corrected chi connectivity index (χ3v) is 3.15. The quantitative estimate of drug-likeness (QED) is 0.599.